The van der Waals surface area contributed by atoms with Crippen LogP contribution in [0.2, 0.25) is 5.02 Å². The maximum absolute atomic E-state index is 12.7. The van der Waals surface area contributed by atoms with Gasteiger partial charge in [0.2, 0.25) is 0 Å². The van der Waals surface area contributed by atoms with Crippen LogP contribution in [0.25, 0.3) is 10.8 Å². The molecule has 1 aromatic heterocycles. The lowest BCUT2D eigenvalue weighted by atomic mass is 9.98. The minimum Gasteiger partial charge on any atom is -0.289 e. The molecule has 3 aromatic rings. The van der Waals surface area contributed by atoms with Crippen LogP contribution in [0.4, 0.5) is 0 Å². The standard InChI is InChI=1S/C16H9BrClNO/c17-15-8-11(18)4-5-14(15)16(20)13-3-1-2-10-9-19-7-6-12(10)13/h1-9H. The molecular formula is C16H9BrClNO. The highest BCUT2D eigenvalue weighted by Gasteiger charge is 2.15. The largest absolute Gasteiger partial charge is 0.289 e. The first-order chi connectivity index (χ1) is 9.66. The summed E-state index contributed by atoms with van der Waals surface area (Å²) in [5.74, 6) is -0.0367. The minimum absolute atomic E-state index is 0.0367. The van der Waals surface area contributed by atoms with E-state index in [0.29, 0.717) is 20.6 Å². The fourth-order valence-corrected chi connectivity index (χ4v) is 3.00. The van der Waals surface area contributed by atoms with Crippen LogP contribution in [0.15, 0.2) is 59.3 Å². The van der Waals surface area contributed by atoms with Crippen molar-refractivity contribution < 1.29 is 4.79 Å². The summed E-state index contributed by atoms with van der Waals surface area (Å²) in [4.78, 5) is 16.8. The lowest BCUT2D eigenvalue weighted by molar-refractivity contribution is 0.103. The van der Waals surface area contributed by atoms with Crippen LogP contribution in [0.3, 0.4) is 0 Å². The molecule has 3 rings (SSSR count). The highest BCUT2D eigenvalue weighted by molar-refractivity contribution is 9.10. The molecule has 0 unspecified atom stereocenters. The number of nitrogens with zero attached hydrogens (tertiary/aromatic N) is 1. The smallest absolute Gasteiger partial charge is 0.194 e. The van der Waals surface area contributed by atoms with Gasteiger partial charge >= 0.3 is 0 Å². The number of hydrogen-bond acceptors (Lipinski definition) is 2. The number of carbonyl (C=O) groups excluding carboxylic acids is 1. The third kappa shape index (κ3) is 2.35. The van der Waals surface area contributed by atoms with Gasteiger partial charge in [-0.25, -0.2) is 0 Å². The Balaban J connectivity index is 2.18. The van der Waals surface area contributed by atoms with Crippen molar-refractivity contribution in [1.82, 2.24) is 4.98 Å². The normalized spacial score (nSPS) is 10.7. The molecule has 0 saturated heterocycles. The number of halogens is 2. The van der Waals surface area contributed by atoms with Crippen LogP contribution >= 0.6 is 27.5 Å². The Bertz CT molecular complexity index is 811. The Morgan fingerprint density at radius 2 is 1.95 bits per heavy atom. The van der Waals surface area contributed by atoms with Crippen molar-refractivity contribution in [3.8, 4) is 0 Å². The van der Waals surface area contributed by atoms with E-state index in [4.69, 9.17) is 11.6 Å². The van der Waals surface area contributed by atoms with Gasteiger partial charge in [-0.1, -0.05) is 29.8 Å². The van der Waals surface area contributed by atoms with Gasteiger partial charge in [-0.05, 0) is 45.6 Å². The highest BCUT2D eigenvalue weighted by Crippen LogP contribution is 2.26. The van der Waals surface area contributed by atoms with Crippen LogP contribution in [-0.4, -0.2) is 10.8 Å². The molecule has 4 heteroatoms. The van der Waals surface area contributed by atoms with Gasteiger partial charge in [0.15, 0.2) is 5.78 Å². The molecule has 0 spiro atoms. The first-order valence-corrected chi connectivity index (χ1v) is 7.16. The molecular weight excluding hydrogens is 338 g/mol. The SMILES string of the molecule is O=C(c1ccc(Cl)cc1Br)c1cccc2cnccc12. The van der Waals surface area contributed by atoms with E-state index >= 15 is 0 Å². The molecule has 0 aliphatic carbocycles. The lowest BCUT2D eigenvalue weighted by Gasteiger charge is -2.07. The van der Waals surface area contributed by atoms with Gasteiger partial charge in [-0.15, -0.1) is 0 Å². The predicted molar refractivity (Wildman–Crippen MR) is 84.3 cm³/mol. The first kappa shape index (κ1) is 13.3. The number of rotatable bonds is 2. The van der Waals surface area contributed by atoms with E-state index in [-0.39, 0.29) is 5.78 Å². The molecule has 1 heterocycles. The molecule has 0 bridgehead atoms. The number of ketones is 1. The van der Waals surface area contributed by atoms with Gasteiger partial charge < -0.3 is 0 Å². The first-order valence-electron chi connectivity index (χ1n) is 5.99. The van der Waals surface area contributed by atoms with Crippen LogP contribution in [0.1, 0.15) is 15.9 Å². The second kappa shape index (κ2) is 5.35. The van der Waals surface area contributed by atoms with Gasteiger partial charge in [0.05, 0.1) is 0 Å². The quantitative estimate of drug-likeness (QED) is 0.619. The van der Waals surface area contributed by atoms with E-state index in [0.717, 1.165) is 10.8 Å². The number of benzene rings is 2. The third-order valence-corrected chi connectivity index (χ3v) is 3.99. The zero-order valence-electron chi connectivity index (χ0n) is 10.3. The predicted octanol–water partition coefficient (Wildman–Crippen LogP) is 4.88. The monoisotopic (exact) mass is 345 g/mol. The van der Waals surface area contributed by atoms with Gasteiger partial charge in [-0.2, -0.15) is 0 Å². The summed E-state index contributed by atoms with van der Waals surface area (Å²) in [6.07, 6.45) is 3.44. The summed E-state index contributed by atoms with van der Waals surface area (Å²) < 4.78 is 0.695. The van der Waals surface area contributed by atoms with Crippen molar-refractivity contribution >= 4 is 44.1 Å². The Kier molecular flexibility index (Phi) is 3.55. The van der Waals surface area contributed by atoms with E-state index in [2.05, 4.69) is 20.9 Å². The number of aromatic nitrogens is 1. The zero-order chi connectivity index (χ0) is 14.1. The Hall–Kier alpha value is -1.71. The zero-order valence-corrected chi connectivity index (χ0v) is 12.6. The molecule has 0 amide bonds. The Labute approximate surface area is 129 Å². The Morgan fingerprint density at radius 1 is 1.10 bits per heavy atom. The molecule has 0 radical (unpaired) electrons. The average molecular weight is 347 g/mol. The molecule has 0 atom stereocenters. The minimum atomic E-state index is -0.0367. The molecule has 0 N–H and O–H groups in total. The molecule has 0 fully saturated rings. The van der Waals surface area contributed by atoms with Crippen molar-refractivity contribution in [1.29, 1.82) is 0 Å². The third-order valence-electron chi connectivity index (χ3n) is 3.10. The summed E-state index contributed by atoms with van der Waals surface area (Å²) in [6.45, 7) is 0. The fourth-order valence-electron chi connectivity index (χ4n) is 2.14. The molecule has 20 heavy (non-hydrogen) atoms. The maximum atomic E-state index is 12.7. The Morgan fingerprint density at radius 3 is 2.75 bits per heavy atom. The summed E-state index contributed by atoms with van der Waals surface area (Å²) in [6, 6.07) is 12.7. The molecule has 0 aliphatic heterocycles. The number of carbonyl (C=O) groups is 1. The van der Waals surface area contributed by atoms with Crippen molar-refractivity contribution in [2.75, 3.05) is 0 Å². The van der Waals surface area contributed by atoms with Crippen LogP contribution in [-0.2, 0) is 0 Å². The van der Waals surface area contributed by atoms with Crippen LogP contribution in [0.5, 0.6) is 0 Å². The van der Waals surface area contributed by atoms with Gasteiger partial charge in [0.1, 0.15) is 0 Å². The molecule has 2 nitrogen and oxygen atoms in total. The second-order valence-corrected chi connectivity index (χ2v) is 5.65. The summed E-state index contributed by atoms with van der Waals surface area (Å²) >= 11 is 9.30. The second-order valence-electron chi connectivity index (χ2n) is 4.36. The number of fused-ring (bicyclic) bond motifs is 1. The molecule has 0 aliphatic rings. The van der Waals surface area contributed by atoms with Gasteiger partial charge in [0, 0.05) is 38.4 Å². The number of hydrogen-bond donors (Lipinski definition) is 0. The van der Waals surface area contributed by atoms with Gasteiger partial charge in [0.25, 0.3) is 0 Å². The average Bonchev–Trinajstić information content (AvgIpc) is 2.46. The summed E-state index contributed by atoms with van der Waals surface area (Å²) in [7, 11) is 0. The molecule has 0 saturated carbocycles. The van der Waals surface area contributed by atoms with Crippen molar-refractivity contribution in [2.45, 2.75) is 0 Å². The van der Waals surface area contributed by atoms with Crippen molar-refractivity contribution in [3.63, 3.8) is 0 Å². The van der Waals surface area contributed by atoms with E-state index in [9.17, 15) is 4.79 Å². The van der Waals surface area contributed by atoms with E-state index in [1.807, 2.05) is 24.3 Å². The van der Waals surface area contributed by atoms with E-state index in [1.54, 1.807) is 30.6 Å². The van der Waals surface area contributed by atoms with Crippen molar-refractivity contribution in [3.05, 3.63) is 75.5 Å². The van der Waals surface area contributed by atoms with E-state index < -0.39 is 0 Å². The number of pyridine rings is 1. The molecule has 98 valence electrons. The van der Waals surface area contributed by atoms with Crippen LogP contribution < -0.4 is 0 Å². The summed E-state index contributed by atoms with van der Waals surface area (Å²) in [5, 5.41) is 2.44. The van der Waals surface area contributed by atoms with Gasteiger partial charge in [-0.3, -0.25) is 9.78 Å². The molecule has 2 aromatic carbocycles. The van der Waals surface area contributed by atoms with Crippen LogP contribution in [0, 0.1) is 0 Å². The maximum Gasteiger partial charge on any atom is 0.194 e. The van der Waals surface area contributed by atoms with E-state index in [1.165, 1.54) is 0 Å². The highest BCUT2D eigenvalue weighted by atomic mass is 79.9. The topological polar surface area (TPSA) is 30.0 Å². The lowest BCUT2D eigenvalue weighted by Crippen LogP contribution is -2.03. The summed E-state index contributed by atoms with van der Waals surface area (Å²) in [5.41, 5.74) is 1.26. The fraction of sp³-hybridized carbons (Fsp3) is 0. The van der Waals surface area contributed by atoms with Crippen molar-refractivity contribution in [2.24, 2.45) is 0 Å².